The molecule has 4 atom stereocenters. The zero-order valence-electron chi connectivity index (χ0n) is 25.9. The Morgan fingerprint density at radius 2 is 1.75 bits per heavy atom. The number of nitrogens with zero attached hydrogens (tertiary/aromatic N) is 3. The summed E-state index contributed by atoms with van der Waals surface area (Å²) in [6.45, 7) is 7.90. The highest BCUT2D eigenvalue weighted by Gasteiger charge is 2.40. The molecule has 2 aliphatic heterocycles. The van der Waals surface area contributed by atoms with E-state index < -0.39 is 59.6 Å². The van der Waals surface area contributed by atoms with Crippen molar-refractivity contribution < 1.29 is 38.6 Å². The van der Waals surface area contributed by atoms with Crippen LogP contribution in [0.25, 0.3) is 0 Å². The molecule has 1 aromatic carbocycles. The molecule has 1 unspecified atom stereocenters. The fourth-order valence-corrected chi connectivity index (χ4v) is 6.50. The van der Waals surface area contributed by atoms with Crippen molar-refractivity contribution in [2.45, 2.75) is 82.8 Å². The Balaban J connectivity index is 1.59. The average Bonchev–Trinajstić information content (AvgIpc) is 3.48. The van der Waals surface area contributed by atoms with Crippen molar-refractivity contribution >= 4 is 47.8 Å². The number of piperidine rings is 1. The van der Waals surface area contributed by atoms with Crippen molar-refractivity contribution in [1.29, 1.82) is 0 Å². The van der Waals surface area contributed by atoms with E-state index in [4.69, 9.17) is 4.74 Å². The van der Waals surface area contributed by atoms with Gasteiger partial charge in [0.25, 0.3) is 5.78 Å². The maximum absolute atomic E-state index is 13.3. The van der Waals surface area contributed by atoms with Gasteiger partial charge in [-0.25, -0.2) is 14.4 Å². The Hall–Kier alpha value is -3.65. The summed E-state index contributed by atoms with van der Waals surface area (Å²) in [7, 11) is 1.68. The number of ketones is 1. The zero-order valence-corrected chi connectivity index (χ0v) is 26.7. The van der Waals surface area contributed by atoms with Gasteiger partial charge in [-0.2, -0.15) is 0 Å². The monoisotopic (exact) mass is 633 g/mol. The van der Waals surface area contributed by atoms with Gasteiger partial charge in [0.05, 0.1) is 6.04 Å². The SMILES string of the molecule is CC([C@@H](C=O)NC(=O)N1CCC(N(C)C(=O)OC(C)(C)C)CC1)N1CSC[C@H]1C(=O)N[C@@H](Cc1ccccc1)C(=O)C(=O)O. The standard InChI is InChI=1S/C30H43N5O8S/c1-19(23(16-36)32-28(41)34-13-11-21(12-14-34)33(5)29(42)43-30(2,3)4)35-18-44-17-24(35)26(38)31-22(25(37)27(39)40)15-20-9-7-6-8-10-20/h6-10,16,19,21-24H,11-15,17-18H2,1-5H3,(H,31,38)(H,32,41)(H,39,40)/t19?,22-,23+,24-/m0/s1. The molecule has 14 heteroatoms. The lowest BCUT2D eigenvalue weighted by Gasteiger charge is -2.38. The predicted molar refractivity (Wildman–Crippen MR) is 164 cm³/mol. The second kappa shape index (κ2) is 15.4. The third-order valence-corrected chi connectivity index (χ3v) is 8.84. The van der Waals surface area contributed by atoms with Gasteiger partial charge in [-0.1, -0.05) is 30.3 Å². The molecule has 2 heterocycles. The maximum Gasteiger partial charge on any atom is 0.410 e. The van der Waals surface area contributed by atoms with Crippen LogP contribution in [0.3, 0.4) is 0 Å². The van der Waals surface area contributed by atoms with Crippen LogP contribution in [-0.2, 0) is 30.3 Å². The number of ether oxygens (including phenoxy) is 1. The molecule has 4 amide bonds. The van der Waals surface area contributed by atoms with Crippen LogP contribution < -0.4 is 10.6 Å². The molecule has 2 saturated heterocycles. The summed E-state index contributed by atoms with van der Waals surface area (Å²) in [6.07, 6.45) is 1.33. The number of hydrogen-bond acceptors (Lipinski definition) is 9. The number of nitrogens with one attached hydrogen (secondary N) is 2. The minimum atomic E-state index is -1.64. The molecular formula is C30H43N5O8S. The summed E-state index contributed by atoms with van der Waals surface area (Å²) in [6, 6.07) is 4.78. The van der Waals surface area contributed by atoms with Crippen LogP contribution in [0.4, 0.5) is 9.59 Å². The summed E-state index contributed by atoms with van der Waals surface area (Å²) in [5.41, 5.74) is 0.0856. The van der Waals surface area contributed by atoms with Crippen LogP contribution in [0, 0.1) is 0 Å². The second-order valence-corrected chi connectivity index (χ2v) is 13.1. The molecule has 2 fully saturated rings. The number of carboxylic acids is 1. The van der Waals surface area contributed by atoms with Gasteiger partial charge < -0.3 is 35.1 Å². The number of carbonyl (C=O) groups excluding carboxylic acids is 5. The number of rotatable bonds is 11. The number of aliphatic carboxylic acids is 1. The number of thioether (sulfide) groups is 1. The highest BCUT2D eigenvalue weighted by atomic mass is 32.2. The Bertz CT molecular complexity index is 1200. The van der Waals surface area contributed by atoms with Crippen molar-refractivity contribution in [2.75, 3.05) is 31.8 Å². The first kappa shape index (κ1) is 34.8. The topological polar surface area (TPSA) is 166 Å². The second-order valence-electron chi connectivity index (χ2n) is 12.1. The summed E-state index contributed by atoms with van der Waals surface area (Å²) in [4.78, 5) is 79.9. The van der Waals surface area contributed by atoms with Crippen LogP contribution in [0.5, 0.6) is 0 Å². The lowest BCUT2D eigenvalue weighted by molar-refractivity contribution is -0.150. The van der Waals surface area contributed by atoms with Gasteiger partial charge in [-0.3, -0.25) is 14.5 Å². The van der Waals surface area contributed by atoms with Gasteiger partial charge >= 0.3 is 18.1 Å². The minimum absolute atomic E-state index is 0.0183. The quantitative estimate of drug-likeness (QED) is 0.241. The number of amides is 4. The van der Waals surface area contributed by atoms with Gasteiger partial charge in [-0.15, -0.1) is 11.8 Å². The molecule has 13 nitrogen and oxygen atoms in total. The highest BCUT2D eigenvalue weighted by molar-refractivity contribution is 7.99. The highest BCUT2D eigenvalue weighted by Crippen LogP contribution is 2.25. The molecular weight excluding hydrogens is 590 g/mol. The lowest BCUT2D eigenvalue weighted by atomic mass is 10.0. The van der Waals surface area contributed by atoms with Gasteiger partial charge in [-0.05, 0) is 46.1 Å². The molecule has 3 N–H and O–H groups in total. The van der Waals surface area contributed by atoms with E-state index in [1.165, 1.54) is 11.8 Å². The molecule has 2 aliphatic rings. The minimum Gasteiger partial charge on any atom is -0.475 e. The van der Waals surface area contributed by atoms with Crippen molar-refractivity contribution in [1.82, 2.24) is 25.3 Å². The van der Waals surface area contributed by atoms with Crippen molar-refractivity contribution in [3.63, 3.8) is 0 Å². The van der Waals surface area contributed by atoms with E-state index in [-0.39, 0.29) is 12.5 Å². The van der Waals surface area contributed by atoms with Crippen LogP contribution in [0.1, 0.15) is 46.1 Å². The Labute approximate surface area is 262 Å². The average molecular weight is 634 g/mol. The fourth-order valence-electron chi connectivity index (χ4n) is 5.21. The third kappa shape index (κ3) is 9.42. The Morgan fingerprint density at radius 1 is 1.11 bits per heavy atom. The molecule has 0 radical (unpaired) electrons. The summed E-state index contributed by atoms with van der Waals surface area (Å²) < 4.78 is 5.44. The lowest BCUT2D eigenvalue weighted by Crippen LogP contribution is -2.59. The van der Waals surface area contributed by atoms with Crippen LogP contribution in [0.15, 0.2) is 30.3 Å². The normalized spacial score (nSPS) is 19.8. The van der Waals surface area contributed by atoms with Crippen molar-refractivity contribution in [3.8, 4) is 0 Å². The Kier molecular flexibility index (Phi) is 12.2. The molecule has 44 heavy (non-hydrogen) atoms. The number of Topliss-reactive ketones (excluding diaryl/α,β-unsaturated/α-hetero) is 1. The number of carboxylic acid groups (broad SMARTS) is 1. The number of hydrogen-bond donors (Lipinski definition) is 3. The van der Waals surface area contributed by atoms with E-state index in [0.29, 0.717) is 49.4 Å². The van der Waals surface area contributed by atoms with E-state index >= 15 is 0 Å². The fraction of sp³-hybridized carbons (Fsp3) is 0.600. The third-order valence-electron chi connectivity index (χ3n) is 7.81. The molecule has 1 aromatic rings. The van der Waals surface area contributed by atoms with E-state index in [0.717, 1.165) is 0 Å². The Morgan fingerprint density at radius 3 is 2.32 bits per heavy atom. The van der Waals surface area contributed by atoms with Gasteiger partial charge in [0, 0.05) is 50.3 Å². The van der Waals surface area contributed by atoms with Crippen LogP contribution >= 0.6 is 11.8 Å². The molecule has 0 aliphatic carbocycles. The number of urea groups is 1. The van der Waals surface area contributed by atoms with Gasteiger partial charge in [0.2, 0.25) is 5.91 Å². The van der Waals surface area contributed by atoms with Crippen molar-refractivity contribution in [2.24, 2.45) is 0 Å². The molecule has 242 valence electrons. The zero-order chi connectivity index (χ0) is 32.6. The first-order valence-electron chi connectivity index (χ1n) is 14.6. The van der Waals surface area contributed by atoms with Crippen LogP contribution in [-0.4, -0.2) is 123 Å². The summed E-state index contributed by atoms with van der Waals surface area (Å²) >= 11 is 1.46. The smallest absolute Gasteiger partial charge is 0.410 e. The van der Waals surface area contributed by atoms with E-state index in [2.05, 4.69) is 10.6 Å². The predicted octanol–water partition coefficient (Wildman–Crippen LogP) is 1.74. The first-order chi connectivity index (χ1) is 20.7. The van der Waals surface area contributed by atoms with E-state index in [1.54, 1.807) is 79.8 Å². The van der Waals surface area contributed by atoms with Gasteiger partial charge in [0.1, 0.15) is 24.0 Å². The molecule has 0 bridgehead atoms. The van der Waals surface area contributed by atoms with E-state index in [1.807, 2.05) is 0 Å². The largest absolute Gasteiger partial charge is 0.475 e. The first-order valence-corrected chi connectivity index (χ1v) is 15.8. The van der Waals surface area contributed by atoms with Gasteiger partial charge in [0.15, 0.2) is 0 Å². The number of carbonyl (C=O) groups is 6. The number of likely N-dealkylation sites (tertiary alicyclic amines) is 1. The summed E-state index contributed by atoms with van der Waals surface area (Å²) in [5.74, 6) is -2.51. The molecule has 0 saturated carbocycles. The number of aldehydes is 1. The number of benzene rings is 1. The van der Waals surface area contributed by atoms with Crippen molar-refractivity contribution in [3.05, 3.63) is 35.9 Å². The molecule has 3 rings (SSSR count). The van der Waals surface area contributed by atoms with E-state index in [9.17, 15) is 33.9 Å². The van der Waals surface area contributed by atoms with Crippen LogP contribution in [0.2, 0.25) is 0 Å². The maximum atomic E-state index is 13.3. The molecule has 0 aromatic heterocycles. The molecule has 0 spiro atoms. The summed E-state index contributed by atoms with van der Waals surface area (Å²) in [5, 5.41) is 14.7.